The van der Waals surface area contributed by atoms with Crippen LogP contribution in [-0.4, -0.2) is 24.8 Å². The second-order valence-electron chi connectivity index (χ2n) is 6.53. The molecule has 0 radical (unpaired) electrons. The van der Waals surface area contributed by atoms with Crippen LogP contribution in [0.4, 0.5) is 4.79 Å². The molecule has 4 heteroatoms. The highest BCUT2D eigenvalue weighted by Gasteiger charge is 2.19. The van der Waals surface area contributed by atoms with Crippen molar-refractivity contribution in [3.63, 3.8) is 0 Å². The lowest BCUT2D eigenvalue weighted by atomic mass is 9.88. The van der Waals surface area contributed by atoms with Crippen LogP contribution < -0.4 is 10.6 Å². The molecule has 1 aromatic rings. The van der Waals surface area contributed by atoms with Crippen LogP contribution in [0.5, 0.6) is 0 Å². The van der Waals surface area contributed by atoms with Gasteiger partial charge in [-0.05, 0) is 51.2 Å². The molecule has 2 rings (SSSR count). The van der Waals surface area contributed by atoms with Gasteiger partial charge in [0.25, 0.3) is 0 Å². The first-order valence-electron chi connectivity index (χ1n) is 7.74. The van der Waals surface area contributed by atoms with Crippen LogP contribution in [0.1, 0.15) is 50.8 Å². The Hall–Kier alpha value is -1.55. The molecule has 0 bridgehead atoms. The number of hydrogen-bond donors (Lipinski definition) is 2. The normalized spacial score (nSPS) is 18.0. The summed E-state index contributed by atoms with van der Waals surface area (Å²) in [5.74, 6) is 0. The molecule has 4 nitrogen and oxygen atoms in total. The quantitative estimate of drug-likeness (QED) is 0.837. The Kier molecular flexibility index (Phi) is 5.23. The van der Waals surface area contributed by atoms with E-state index in [9.17, 15) is 4.79 Å². The molecule has 116 valence electrons. The molecular formula is C17H26N2O2. The Balaban J connectivity index is 1.74. The molecule has 0 saturated heterocycles. The van der Waals surface area contributed by atoms with Crippen LogP contribution >= 0.6 is 0 Å². The lowest BCUT2D eigenvalue weighted by Crippen LogP contribution is -2.37. The summed E-state index contributed by atoms with van der Waals surface area (Å²) >= 11 is 0. The molecule has 0 saturated carbocycles. The zero-order valence-electron chi connectivity index (χ0n) is 13.2. The lowest BCUT2D eigenvalue weighted by Gasteiger charge is -2.26. The Morgan fingerprint density at radius 3 is 2.81 bits per heavy atom. The van der Waals surface area contributed by atoms with E-state index in [-0.39, 0.29) is 6.09 Å². The van der Waals surface area contributed by atoms with Crippen molar-refractivity contribution in [3.8, 4) is 0 Å². The standard InChI is InChI=1S/C17H26N2O2/c1-17(2,3)21-16(20)19-12-11-18-15-10-6-8-13-7-4-5-9-14(13)15/h4-5,7,9,15,18H,6,8,10-12H2,1-3H3,(H,19,20). The highest BCUT2D eigenvalue weighted by atomic mass is 16.6. The van der Waals surface area contributed by atoms with E-state index < -0.39 is 5.60 Å². The van der Waals surface area contributed by atoms with Crippen LogP contribution in [0.25, 0.3) is 0 Å². The second kappa shape index (κ2) is 6.94. The molecule has 1 aromatic carbocycles. The SMILES string of the molecule is CC(C)(C)OC(=O)NCCNC1CCCc2ccccc21. The fourth-order valence-electron chi connectivity index (χ4n) is 2.69. The number of amides is 1. The number of carbonyl (C=O) groups is 1. The molecule has 1 amide bonds. The van der Waals surface area contributed by atoms with Crippen LogP contribution in [0, 0.1) is 0 Å². The molecule has 0 aromatic heterocycles. The maximum Gasteiger partial charge on any atom is 0.407 e. The average molecular weight is 290 g/mol. The highest BCUT2D eigenvalue weighted by Crippen LogP contribution is 2.29. The van der Waals surface area contributed by atoms with Crippen molar-refractivity contribution in [2.75, 3.05) is 13.1 Å². The maximum atomic E-state index is 11.5. The summed E-state index contributed by atoms with van der Waals surface area (Å²) in [7, 11) is 0. The smallest absolute Gasteiger partial charge is 0.407 e. The number of nitrogens with one attached hydrogen (secondary N) is 2. The summed E-state index contributed by atoms with van der Waals surface area (Å²) in [6.45, 7) is 6.92. The number of rotatable bonds is 4. The predicted octanol–water partition coefficient (Wildman–Crippen LogP) is 3.18. The molecule has 1 atom stereocenters. The third-order valence-electron chi connectivity index (χ3n) is 3.55. The first kappa shape index (κ1) is 15.8. The topological polar surface area (TPSA) is 50.4 Å². The van der Waals surface area contributed by atoms with Gasteiger partial charge < -0.3 is 15.4 Å². The molecule has 0 aliphatic heterocycles. The zero-order valence-corrected chi connectivity index (χ0v) is 13.2. The predicted molar refractivity (Wildman–Crippen MR) is 84.4 cm³/mol. The fraction of sp³-hybridized carbons (Fsp3) is 0.588. The van der Waals surface area contributed by atoms with Gasteiger partial charge in [-0.15, -0.1) is 0 Å². The number of alkyl carbamates (subject to hydrolysis) is 1. The van der Waals surface area contributed by atoms with E-state index in [1.165, 1.54) is 24.0 Å². The monoisotopic (exact) mass is 290 g/mol. The Morgan fingerprint density at radius 2 is 2.05 bits per heavy atom. The zero-order chi connectivity index (χ0) is 15.3. The first-order chi connectivity index (χ1) is 9.96. The summed E-state index contributed by atoms with van der Waals surface area (Å²) < 4.78 is 5.21. The summed E-state index contributed by atoms with van der Waals surface area (Å²) in [5.41, 5.74) is 2.40. The largest absolute Gasteiger partial charge is 0.444 e. The average Bonchev–Trinajstić information content (AvgIpc) is 2.42. The summed E-state index contributed by atoms with van der Waals surface area (Å²) in [6, 6.07) is 9.01. The summed E-state index contributed by atoms with van der Waals surface area (Å²) in [6.07, 6.45) is 3.19. The van der Waals surface area contributed by atoms with Gasteiger partial charge in [0.2, 0.25) is 0 Å². The third-order valence-corrected chi connectivity index (χ3v) is 3.55. The van der Waals surface area contributed by atoms with E-state index in [1.54, 1.807) is 0 Å². The van der Waals surface area contributed by atoms with Gasteiger partial charge in [-0.3, -0.25) is 0 Å². The van der Waals surface area contributed by atoms with Gasteiger partial charge >= 0.3 is 6.09 Å². The van der Waals surface area contributed by atoms with E-state index in [0.29, 0.717) is 12.6 Å². The van der Waals surface area contributed by atoms with E-state index in [2.05, 4.69) is 34.9 Å². The van der Waals surface area contributed by atoms with Crippen molar-refractivity contribution < 1.29 is 9.53 Å². The van der Waals surface area contributed by atoms with Gasteiger partial charge in [0.1, 0.15) is 5.60 Å². The summed E-state index contributed by atoms with van der Waals surface area (Å²) in [4.78, 5) is 11.5. The molecule has 0 heterocycles. The Morgan fingerprint density at radius 1 is 1.29 bits per heavy atom. The van der Waals surface area contributed by atoms with Gasteiger partial charge in [0.05, 0.1) is 0 Å². The lowest BCUT2D eigenvalue weighted by molar-refractivity contribution is 0.0528. The minimum absolute atomic E-state index is 0.353. The van der Waals surface area contributed by atoms with Gasteiger partial charge in [-0.2, -0.15) is 0 Å². The number of ether oxygens (including phenoxy) is 1. The van der Waals surface area contributed by atoms with Crippen LogP contribution in [0.3, 0.4) is 0 Å². The third kappa shape index (κ3) is 5.05. The Labute approximate surface area is 127 Å². The van der Waals surface area contributed by atoms with Gasteiger partial charge in [-0.25, -0.2) is 4.79 Å². The molecule has 21 heavy (non-hydrogen) atoms. The highest BCUT2D eigenvalue weighted by molar-refractivity contribution is 5.67. The molecule has 2 N–H and O–H groups in total. The van der Waals surface area contributed by atoms with Gasteiger partial charge in [-0.1, -0.05) is 24.3 Å². The molecular weight excluding hydrogens is 264 g/mol. The number of benzene rings is 1. The van der Waals surface area contributed by atoms with Crippen molar-refractivity contribution in [2.24, 2.45) is 0 Å². The second-order valence-corrected chi connectivity index (χ2v) is 6.53. The van der Waals surface area contributed by atoms with Gasteiger partial charge in [0.15, 0.2) is 0 Å². The number of fused-ring (bicyclic) bond motifs is 1. The fourth-order valence-corrected chi connectivity index (χ4v) is 2.69. The molecule has 0 spiro atoms. The van der Waals surface area contributed by atoms with Crippen LogP contribution in [-0.2, 0) is 11.2 Å². The molecule has 1 aliphatic carbocycles. The number of hydrogen-bond acceptors (Lipinski definition) is 3. The van der Waals surface area contributed by atoms with Crippen molar-refractivity contribution >= 4 is 6.09 Å². The number of carbonyl (C=O) groups excluding carboxylic acids is 1. The van der Waals surface area contributed by atoms with Gasteiger partial charge in [0, 0.05) is 19.1 Å². The first-order valence-corrected chi connectivity index (χ1v) is 7.74. The van der Waals surface area contributed by atoms with Crippen molar-refractivity contribution in [1.29, 1.82) is 0 Å². The maximum absolute atomic E-state index is 11.5. The molecule has 1 aliphatic rings. The van der Waals surface area contributed by atoms with Crippen molar-refractivity contribution in [2.45, 2.75) is 51.7 Å². The molecule has 0 fully saturated rings. The van der Waals surface area contributed by atoms with E-state index in [0.717, 1.165) is 13.0 Å². The summed E-state index contributed by atoms with van der Waals surface area (Å²) in [5, 5.41) is 6.30. The Bertz CT molecular complexity index is 480. The van der Waals surface area contributed by atoms with Crippen LogP contribution in [0.15, 0.2) is 24.3 Å². The van der Waals surface area contributed by atoms with E-state index in [1.807, 2.05) is 20.8 Å². The minimum Gasteiger partial charge on any atom is -0.444 e. The van der Waals surface area contributed by atoms with Crippen molar-refractivity contribution in [3.05, 3.63) is 35.4 Å². The van der Waals surface area contributed by atoms with E-state index >= 15 is 0 Å². The molecule has 1 unspecified atom stereocenters. The van der Waals surface area contributed by atoms with Crippen LogP contribution in [0.2, 0.25) is 0 Å². The van der Waals surface area contributed by atoms with Crippen molar-refractivity contribution in [1.82, 2.24) is 10.6 Å². The number of aryl methyl sites for hydroxylation is 1. The van der Waals surface area contributed by atoms with E-state index in [4.69, 9.17) is 4.74 Å². The minimum atomic E-state index is -0.445.